The van der Waals surface area contributed by atoms with Crippen LogP contribution >= 0.6 is 0 Å². The van der Waals surface area contributed by atoms with Gasteiger partial charge in [-0.2, -0.15) is 0 Å². The van der Waals surface area contributed by atoms with E-state index in [4.69, 9.17) is 0 Å². The van der Waals surface area contributed by atoms with E-state index in [0.717, 1.165) is 12.1 Å². The van der Waals surface area contributed by atoms with Crippen LogP contribution in [0.1, 0.15) is 66.7 Å². The summed E-state index contributed by atoms with van der Waals surface area (Å²) in [5.74, 6) is 0. The lowest BCUT2D eigenvalue weighted by molar-refractivity contribution is 0.0932. The highest BCUT2D eigenvalue weighted by Gasteiger charge is 2.27. The van der Waals surface area contributed by atoms with Gasteiger partial charge in [-0.05, 0) is 46.5 Å². The number of hydrogen-bond acceptors (Lipinski definition) is 2. The van der Waals surface area contributed by atoms with Gasteiger partial charge in [-0.15, -0.1) is 0 Å². The van der Waals surface area contributed by atoms with E-state index in [2.05, 4.69) is 44.8 Å². The molecule has 102 valence electrons. The van der Waals surface area contributed by atoms with Crippen molar-refractivity contribution in [2.75, 3.05) is 13.1 Å². The molecule has 2 heteroatoms. The molecule has 0 radical (unpaired) electrons. The lowest BCUT2D eigenvalue weighted by Crippen LogP contribution is -2.51. The molecule has 1 fully saturated rings. The predicted molar refractivity (Wildman–Crippen MR) is 76.5 cm³/mol. The third-order valence-corrected chi connectivity index (χ3v) is 4.04. The number of piperidine rings is 1. The number of hydrogen-bond donors (Lipinski definition) is 1. The molecular formula is C15H32N2. The van der Waals surface area contributed by atoms with Crippen molar-refractivity contribution in [3.8, 4) is 0 Å². The van der Waals surface area contributed by atoms with Gasteiger partial charge in [0, 0.05) is 30.7 Å². The molecule has 1 heterocycles. The maximum absolute atomic E-state index is 3.85. The first-order valence-electron chi connectivity index (χ1n) is 7.48. The van der Waals surface area contributed by atoms with E-state index in [1.165, 1.54) is 45.2 Å². The highest BCUT2D eigenvalue weighted by molar-refractivity contribution is 4.85. The average Bonchev–Trinajstić information content (AvgIpc) is 2.28. The van der Waals surface area contributed by atoms with Crippen molar-refractivity contribution in [1.82, 2.24) is 10.2 Å². The van der Waals surface area contributed by atoms with E-state index in [-0.39, 0.29) is 0 Å². The van der Waals surface area contributed by atoms with Crippen molar-refractivity contribution < 1.29 is 0 Å². The van der Waals surface area contributed by atoms with Crippen LogP contribution in [0.5, 0.6) is 0 Å². The van der Waals surface area contributed by atoms with Crippen molar-refractivity contribution in [2.24, 2.45) is 0 Å². The molecule has 1 saturated heterocycles. The summed E-state index contributed by atoms with van der Waals surface area (Å²) >= 11 is 0. The Morgan fingerprint density at radius 1 is 1.18 bits per heavy atom. The molecule has 0 spiro atoms. The van der Waals surface area contributed by atoms with Crippen LogP contribution in [-0.4, -0.2) is 35.6 Å². The number of likely N-dealkylation sites (tertiary alicyclic amines) is 1. The maximum Gasteiger partial charge on any atom is 0.0125 e. The van der Waals surface area contributed by atoms with Crippen LogP contribution in [-0.2, 0) is 0 Å². The Bertz CT molecular complexity index is 199. The van der Waals surface area contributed by atoms with Crippen LogP contribution in [0.25, 0.3) is 0 Å². The summed E-state index contributed by atoms with van der Waals surface area (Å²) in [6.07, 6.45) is 6.53. The Hall–Kier alpha value is -0.0800. The molecule has 0 bridgehead atoms. The number of nitrogens with zero attached hydrogens (tertiary/aromatic N) is 1. The largest absolute Gasteiger partial charge is 0.311 e. The van der Waals surface area contributed by atoms with Crippen LogP contribution in [0.15, 0.2) is 0 Å². The molecule has 17 heavy (non-hydrogen) atoms. The predicted octanol–water partition coefficient (Wildman–Crippen LogP) is 3.42. The summed E-state index contributed by atoms with van der Waals surface area (Å²) in [5, 5.41) is 3.85. The third kappa shape index (κ3) is 4.97. The normalized spacial score (nSPS) is 21.7. The molecule has 1 aliphatic rings. The second kappa shape index (κ2) is 6.75. The zero-order valence-corrected chi connectivity index (χ0v) is 12.6. The highest BCUT2D eigenvalue weighted by Crippen LogP contribution is 2.20. The van der Waals surface area contributed by atoms with E-state index < -0.39 is 0 Å². The van der Waals surface area contributed by atoms with Crippen LogP contribution in [0.4, 0.5) is 0 Å². The van der Waals surface area contributed by atoms with Crippen molar-refractivity contribution in [1.29, 1.82) is 0 Å². The number of nitrogens with one attached hydrogen (secondary N) is 1. The van der Waals surface area contributed by atoms with Gasteiger partial charge in [-0.1, -0.05) is 20.3 Å². The lowest BCUT2D eigenvalue weighted by atomic mass is 9.97. The van der Waals surface area contributed by atoms with Crippen LogP contribution in [0.2, 0.25) is 0 Å². The third-order valence-electron chi connectivity index (χ3n) is 4.04. The highest BCUT2D eigenvalue weighted by atomic mass is 15.2. The summed E-state index contributed by atoms with van der Waals surface area (Å²) < 4.78 is 0. The maximum atomic E-state index is 3.85. The van der Waals surface area contributed by atoms with E-state index in [1.807, 2.05) is 0 Å². The molecule has 1 rings (SSSR count). The second-order valence-corrected chi connectivity index (χ2v) is 6.49. The van der Waals surface area contributed by atoms with E-state index in [1.54, 1.807) is 0 Å². The molecule has 1 unspecified atom stereocenters. The van der Waals surface area contributed by atoms with Gasteiger partial charge in [-0.25, -0.2) is 0 Å². The van der Waals surface area contributed by atoms with E-state index in [0.29, 0.717) is 5.54 Å². The minimum absolute atomic E-state index is 0.346. The van der Waals surface area contributed by atoms with Gasteiger partial charge in [0.05, 0.1) is 0 Å². The first-order valence-corrected chi connectivity index (χ1v) is 7.48. The van der Waals surface area contributed by atoms with Crippen LogP contribution in [0, 0.1) is 0 Å². The Balaban J connectivity index is 2.31. The summed E-state index contributed by atoms with van der Waals surface area (Å²) in [7, 11) is 0. The van der Waals surface area contributed by atoms with Crippen molar-refractivity contribution in [2.45, 2.75) is 84.3 Å². The SMILES string of the molecule is CCCC(CC)NC1CCN(C(C)(C)C)CC1. The monoisotopic (exact) mass is 240 g/mol. The van der Waals surface area contributed by atoms with E-state index >= 15 is 0 Å². The Morgan fingerprint density at radius 3 is 2.18 bits per heavy atom. The zero-order chi connectivity index (χ0) is 12.9. The fourth-order valence-electron chi connectivity index (χ4n) is 2.80. The summed E-state index contributed by atoms with van der Waals surface area (Å²) in [4.78, 5) is 2.62. The second-order valence-electron chi connectivity index (χ2n) is 6.49. The molecular weight excluding hydrogens is 208 g/mol. The van der Waals surface area contributed by atoms with Crippen molar-refractivity contribution in [3.05, 3.63) is 0 Å². The van der Waals surface area contributed by atoms with Gasteiger partial charge < -0.3 is 5.32 Å². The molecule has 0 saturated carbocycles. The van der Waals surface area contributed by atoms with Gasteiger partial charge in [-0.3, -0.25) is 4.90 Å². The van der Waals surface area contributed by atoms with Gasteiger partial charge >= 0.3 is 0 Å². The molecule has 0 aromatic heterocycles. The molecule has 1 N–H and O–H groups in total. The fourth-order valence-corrected chi connectivity index (χ4v) is 2.80. The first-order chi connectivity index (χ1) is 7.97. The smallest absolute Gasteiger partial charge is 0.0125 e. The summed E-state index contributed by atoms with van der Waals surface area (Å²) in [6, 6.07) is 1.50. The van der Waals surface area contributed by atoms with E-state index in [9.17, 15) is 0 Å². The van der Waals surface area contributed by atoms with Gasteiger partial charge in [0.25, 0.3) is 0 Å². The molecule has 2 nitrogen and oxygen atoms in total. The quantitative estimate of drug-likeness (QED) is 0.792. The van der Waals surface area contributed by atoms with Gasteiger partial charge in [0.2, 0.25) is 0 Å². The van der Waals surface area contributed by atoms with Crippen LogP contribution < -0.4 is 5.32 Å². The van der Waals surface area contributed by atoms with Gasteiger partial charge in [0.1, 0.15) is 0 Å². The Morgan fingerprint density at radius 2 is 1.76 bits per heavy atom. The Kier molecular flexibility index (Phi) is 5.94. The molecule has 0 aromatic rings. The fraction of sp³-hybridized carbons (Fsp3) is 1.00. The lowest BCUT2D eigenvalue weighted by Gasteiger charge is -2.41. The van der Waals surface area contributed by atoms with Gasteiger partial charge in [0.15, 0.2) is 0 Å². The average molecular weight is 240 g/mol. The Labute approximate surface area is 108 Å². The first kappa shape index (κ1) is 15.0. The van der Waals surface area contributed by atoms with Crippen LogP contribution in [0.3, 0.4) is 0 Å². The minimum Gasteiger partial charge on any atom is -0.311 e. The van der Waals surface area contributed by atoms with Crippen molar-refractivity contribution >= 4 is 0 Å². The summed E-state index contributed by atoms with van der Waals surface area (Å²) in [6.45, 7) is 14.1. The summed E-state index contributed by atoms with van der Waals surface area (Å²) in [5.41, 5.74) is 0.346. The molecule has 1 atom stereocenters. The number of rotatable bonds is 5. The topological polar surface area (TPSA) is 15.3 Å². The standard InChI is InChI=1S/C15H32N2/c1-6-8-13(7-2)16-14-9-11-17(12-10-14)15(3,4)5/h13-14,16H,6-12H2,1-5H3. The molecule has 0 aromatic carbocycles. The molecule has 1 aliphatic heterocycles. The zero-order valence-electron chi connectivity index (χ0n) is 12.6. The molecule has 0 amide bonds. The van der Waals surface area contributed by atoms with Crippen molar-refractivity contribution in [3.63, 3.8) is 0 Å². The molecule has 0 aliphatic carbocycles. The minimum atomic E-state index is 0.346.